The van der Waals surface area contributed by atoms with Gasteiger partial charge in [0.15, 0.2) is 0 Å². The minimum absolute atomic E-state index is 0.0759. The van der Waals surface area contributed by atoms with E-state index in [1.807, 2.05) is 10.3 Å². The van der Waals surface area contributed by atoms with E-state index in [1.165, 1.54) is 37.3 Å². The topological polar surface area (TPSA) is 118 Å². The van der Waals surface area contributed by atoms with Crippen molar-refractivity contribution in [3.05, 3.63) is 67.7 Å². The quantitative estimate of drug-likeness (QED) is 0.587. The van der Waals surface area contributed by atoms with Crippen LogP contribution in [-0.2, 0) is 10.0 Å². The number of carbonyl (C=O) groups excluding carboxylic acids is 1. The number of benzene rings is 2. The highest BCUT2D eigenvalue weighted by Crippen LogP contribution is 2.23. The smallest absolute Gasteiger partial charge is 0.273 e. The Morgan fingerprint density at radius 1 is 1.12 bits per heavy atom. The van der Waals surface area contributed by atoms with Crippen LogP contribution in [0, 0.1) is 17.0 Å². The van der Waals surface area contributed by atoms with Crippen molar-refractivity contribution in [2.45, 2.75) is 11.8 Å². The Labute approximate surface area is 152 Å². The monoisotopic (exact) mass is 403 g/mol. The summed E-state index contributed by atoms with van der Waals surface area (Å²) in [6, 6.07) is 7.40. The molecule has 0 saturated heterocycles. The Bertz CT molecular complexity index is 963. The molecule has 8 nitrogen and oxygen atoms in total. The molecule has 0 heterocycles. The molecule has 0 aromatic heterocycles. The number of nitro groups is 1. The zero-order chi connectivity index (χ0) is 18.8. The van der Waals surface area contributed by atoms with E-state index in [0.29, 0.717) is 5.56 Å². The fourth-order valence-electron chi connectivity index (χ4n) is 1.84. The van der Waals surface area contributed by atoms with E-state index in [4.69, 9.17) is 23.2 Å². The lowest BCUT2D eigenvalue weighted by Crippen LogP contribution is -2.41. The Kier molecular flexibility index (Phi) is 5.63. The normalized spacial score (nSPS) is 11.2. The Morgan fingerprint density at radius 3 is 2.40 bits per heavy atom. The maximum Gasteiger partial charge on any atom is 0.273 e. The fourth-order valence-corrected chi connectivity index (χ4v) is 2.99. The first-order chi connectivity index (χ1) is 11.6. The second-order valence-corrected chi connectivity index (χ2v) is 7.39. The van der Waals surface area contributed by atoms with Crippen molar-refractivity contribution in [1.29, 1.82) is 0 Å². The molecule has 2 rings (SSSR count). The molecule has 25 heavy (non-hydrogen) atoms. The van der Waals surface area contributed by atoms with Crippen molar-refractivity contribution in [3.8, 4) is 0 Å². The van der Waals surface area contributed by atoms with Crippen LogP contribution in [-0.4, -0.2) is 19.2 Å². The molecule has 0 saturated carbocycles. The maximum atomic E-state index is 12.2. The number of halogens is 2. The first-order valence-corrected chi connectivity index (χ1v) is 8.88. The summed E-state index contributed by atoms with van der Waals surface area (Å²) in [5.41, 5.74) is 2.04. The van der Waals surface area contributed by atoms with Crippen molar-refractivity contribution >= 4 is 44.8 Å². The lowest BCUT2D eigenvalue weighted by Gasteiger charge is -2.09. The fraction of sp³-hybridized carbons (Fsp3) is 0.0714. The van der Waals surface area contributed by atoms with Crippen LogP contribution in [0.5, 0.6) is 0 Å². The molecule has 0 unspecified atom stereocenters. The molecular formula is C14H11Cl2N3O5S. The van der Waals surface area contributed by atoms with Crippen LogP contribution in [0.15, 0.2) is 41.3 Å². The Hall–Kier alpha value is -2.20. The first-order valence-electron chi connectivity index (χ1n) is 6.64. The number of amides is 1. The Morgan fingerprint density at radius 2 is 1.80 bits per heavy atom. The van der Waals surface area contributed by atoms with E-state index in [2.05, 4.69) is 0 Å². The predicted octanol–water partition coefficient (Wildman–Crippen LogP) is 2.83. The van der Waals surface area contributed by atoms with Crippen molar-refractivity contribution in [3.63, 3.8) is 0 Å². The summed E-state index contributed by atoms with van der Waals surface area (Å²) in [6.07, 6.45) is 0. The number of carbonyl (C=O) groups is 1. The predicted molar refractivity (Wildman–Crippen MR) is 92.1 cm³/mol. The van der Waals surface area contributed by atoms with Gasteiger partial charge in [0.2, 0.25) is 0 Å². The average Bonchev–Trinajstić information content (AvgIpc) is 2.55. The van der Waals surface area contributed by atoms with Gasteiger partial charge in [-0.2, -0.15) is 0 Å². The van der Waals surface area contributed by atoms with Crippen LogP contribution in [0.3, 0.4) is 0 Å². The van der Waals surface area contributed by atoms with E-state index in [9.17, 15) is 23.3 Å². The molecule has 2 aromatic rings. The van der Waals surface area contributed by atoms with E-state index < -0.39 is 20.9 Å². The van der Waals surface area contributed by atoms with E-state index >= 15 is 0 Å². The number of hydrazine groups is 1. The largest absolute Gasteiger partial charge is 0.273 e. The number of hydrogen-bond acceptors (Lipinski definition) is 5. The molecule has 132 valence electrons. The summed E-state index contributed by atoms with van der Waals surface area (Å²) >= 11 is 11.5. The molecule has 0 atom stereocenters. The molecule has 0 bridgehead atoms. The summed E-state index contributed by atoms with van der Waals surface area (Å²) in [5.74, 6) is -0.774. The van der Waals surface area contributed by atoms with Crippen molar-refractivity contribution in [2.24, 2.45) is 0 Å². The van der Waals surface area contributed by atoms with Gasteiger partial charge < -0.3 is 0 Å². The lowest BCUT2D eigenvalue weighted by atomic mass is 10.2. The number of nitrogens with zero attached hydrogens (tertiary/aromatic N) is 1. The number of hydrogen-bond donors (Lipinski definition) is 2. The van der Waals surface area contributed by atoms with Crippen molar-refractivity contribution in [1.82, 2.24) is 10.3 Å². The summed E-state index contributed by atoms with van der Waals surface area (Å²) in [5, 5.41) is 11.3. The first kappa shape index (κ1) is 19.1. The second kappa shape index (κ2) is 7.36. The van der Waals surface area contributed by atoms with Gasteiger partial charge in [0.1, 0.15) is 0 Å². The third kappa shape index (κ3) is 4.45. The van der Waals surface area contributed by atoms with Gasteiger partial charge >= 0.3 is 0 Å². The highest BCUT2D eigenvalue weighted by Gasteiger charge is 2.20. The summed E-state index contributed by atoms with van der Waals surface area (Å²) in [4.78, 5) is 23.7. The third-order valence-electron chi connectivity index (χ3n) is 3.17. The lowest BCUT2D eigenvalue weighted by molar-refractivity contribution is -0.385. The zero-order valence-corrected chi connectivity index (χ0v) is 14.9. The molecule has 2 aromatic carbocycles. The van der Waals surface area contributed by atoms with Crippen LogP contribution in [0.1, 0.15) is 15.9 Å². The standard InChI is InChI=1S/C14H11Cl2N3O5S/c1-8-2-4-10(7-13(8)19(21)22)25(23,24)18-17-14(20)9-3-5-11(15)12(16)6-9/h2-7,18H,1H3,(H,17,20). The number of nitro benzene ring substituents is 1. The molecule has 11 heteroatoms. The van der Waals surface area contributed by atoms with Crippen molar-refractivity contribution in [2.75, 3.05) is 0 Å². The van der Waals surface area contributed by atoms with E-state index in [-0.39, 0.29) is 26.2 Å². The zero-order valence-electron chi connectivity index (χ0n) is 12.6. The SMILES string of the molecule is Cc1ccc(S(=O)(=O)NNC(=O)c2ccc(Cl)c(Cl)c2)cc1[N+](=O)[O-]. The van der Waals surface area contributed by atoms with Gasteiger partial charge in [-0.15, -0.1) is 4.83 Å². The van der Waals surface area contributed by atoms with Gasteiger partial charge in [0, 0.05) is 17.2 Å². The van der Waals surface area contributed by atoms with E-state index in [1.54, 1.807) is 0 Å². The highest BCUT2D eigenvalue weighted by molar-refractivity contribution is 7.89. The molecular weight excluding hydrogens is 393 g/mol. The van der Waals surface area contributed by atoms with Gasteiger partial charge in [0.05, 0.1) is 19.9 Å². The number of nitrogens with one attached hydrogen (secondary N) is 2. The second-order valence-electron chi connectivity index (χ2n) is 4.89. The molecule has 0 aliphatic heterocycles. The number of sulfonamides is 1. The maximum absolute atomic E-state index is 12.2. The molecule has 0 fully saturated rings. The molecule has 0 spiro atoms. The molecule has 2 N–H and O–H groups in total. The third-order valence-corrected chi connectivity index (χ3v) is 5.15. The minimum atomic E-state index is -4.20. The molecule has 0 aliphatic carbocycles. The summed E-state index contributed by atoms with van der Waals surface area (Å²) < 4.78 is 24.4. The minimum Gasteiger partial charge on any atom is -0.273 e. The van der Waals surface area contributed by atoms with Crippen LogP contribution in [0.25, 0.3) is 0 Å². The summed E-state index contributed by atoms with van der Waals surface area (Å²) in [7, 11) is -4.20. The van der Waals surface area contributed by atoms with E-state index in [0.717, 1.165) is 6.07 Å². The van der Waals surface area contributed by atoms with Crippen LogP contribution in [0.2, 0.25) is 10.0 Å². The number of rotatable bonds is 5. The van der Waals surface area contributed by atoms with Gasteiger partial charge in [-0.25, -0.2) is 8.42 Å². The van der Waals surface area contributed by atoms with Crippen LogP contribution in [0.4, 0.5) is 5.69 Å². The molecule has 0 radical (unpaired) electrons. The van der Waals surface area contributed by atoms with Gasteiger partial charge in [-0.1, -0.05) is 29.3 Å². The molecule has 0 aliphatic rings. The Balaban J connectivity index is 2.19. The van der Waals surface area contributed by atoms with Gasteiger partial charge in [0.25, 0.3) is 21.6 Å². The van der Waals surface area contributed by atoms with Gasteiger partial charge in [-0.05, 0) is 31.2 Å². The van der Waals surface area contributed by atoms with Crippen LogP contribution >= 0.6 is 23.2 Å². The highest BCUT2D eigenvalue weighted by atomic mass is 35.5. The van der Waals surface area contributed by atoms with Gasteiger partial charge in [-0.3, -0.25) is 20.3 Å². The number of aryl methyl sites for hydroxylation is 1. The summed E-state index contributed by atoms with van der Waals surface area (Å²) in [6.45, 7) is 1.48. The van der Waals surface area contributed by atoms with Crippen molar-refractivity contribution < 1.29 is 18.1 Å². The molecule has 1 amide bonds. The van der Waals surface area contributed by atoms with Crippen LogP contribution < -0.4 is 10.3 Å². The average molecular weight is 404 g/mol.